The Morgan fingerprint density at radius 2 is 1.79 bits per heavy atom. The predicted molar refractivity (Wildman–Crippen MR) is 111 cm³/mol. The predicted octanol–water partition coefficient (Wildman–Crippen LogP) is 5.03. The Labute approximate surface area is 172 Å². The summed E-state index contributed by atoms with van der Waals surface area (Å²) in [7, 11) is 0. The maximum Gasteiger partial charge on any atom is 0.303 e. The van der Waals surface area contributed by atoms with Crippen molar-refractivity contribution in [1.29, 1.82) is 0 Å². The van der Waals surface area contributed by atoms with Gasteiger partial charge in [-0.15, -0.1) is 0 Å². The first-order valence-corrected chi connectivity index (χ1v) is 9.41. The Balaban J connectivity index is 1.93. The topological polar surface area (TPSA) is 61.2 Å². The Bertz CT molecular complexity index is 1190. The number of nitrogens with zero attached hydrogens (tertiary/aromatic N) is 2. The number of hydrogen-bond donors (Lipinski definition) is 0. The molecule has 0 saturated carbocycles. The van der Waals surface area contributed by atoms with E-state index >= 15 is 0 Å². The first-order chi connectivity index (χ1) is 14.0. The first-order valence-electron chi connectivity index (χ1n) is 9.03. The first kappa shape index (κ1) is 18.9. The molecule has 0 fully saturated rings. The van der Waals surface area contributed by atoms with Crippen molar-refractivity contribution in [3.05, 3.63) is 101 Å². The van der Waals surface area contributed by atoms with E-state index in [0.717, 1.165) is 10.9 Å². The van der Waals surface area contributed by atoms with Crippen LogP contribution in [-0.2, 0) is 9.53 Å². The second kappa shape index (κ2) is 7.89. The third-order valence-corrected chi connectivity index (χ3v) is 4.80. The van der Waals surface area contributed by atoms with E-state index in [2.05, 4.69) is 4.98 Å². The van der Waals surface area contributed by atoms with Crippen LogP contribution in [0.5, 0.6) is 0 Å². The van der Waals surface area contributed by atoms with E-state index in [-0.39, 0.29) is 5.91 Å². The van der Waals surface area contributed by atoms with Gasteiger partial charge in [0.05, 0.1) is 5.52 Å². The van der Waals surface area contributed by atoms with Crippen LogP contribution in [0.15, 0.2) is 79.1 Å². The highest BCUT2D eigenvalue weighted by Crippen LogP contribution is 2.35. The Kier molecular flexibility index (Phi) is 5.14. The standard InChI is InChI=1S/C23H17ClN2O3/c1-15(27)29-22(16-7-3-2-4-8-16)19-14-26(21-11-10-17(24)13-18(19)21)23(28)20-9-5-6-12-25-20/h2-14,22H,1H3/t22-/m0/s1. The second-order valence-electron chi connectivity index (χ2n) is 6.54. The third kappa shape index (κ3) is 3.77. The highest BCUT2D eigenvalue weighted by Gasteiger charge is 2.25. The molecular formula is C23H17ClN2O3. The summed E-state index contributed by atoms with van der Waals surface area (Å²) >= 11 is 6.24. The normalized spacial score (nSPS) is 11.9. The molecule has 0 aliphatic heterocycles. The molecule has 2 aromatic carbocycles. The molecule has 0 bridgehead atoms. The van der Waals surface area contributed by atoms with Gasteiger partial charge in [-0.1, -0.05) is 48.0 Å². The van der Waals surface area contributed by atoms with E-state index in [0.29, 0.717) is 21.8 Å². The molecule has 0 aliphatic carbocycles. The van der Waals surface area contributed by atoms with Crippen molar-refractivity contribution in [2.24, 2.45) is 0 Å². The smallest absolute Gasteiger partial charge is 0.303 e. The zero-order valence-corrected chi connectivity index (χ0v) is 16.3. The highest BCUT2D eigenvalue weighted by molar-refractivity contribution is 6.31. The average molecular weight is 405 g/mol. The zero-order valence-electron chi connectivity index (χ0n) is 15.6. The van der Waals surface area contributed by atoms with Crippen LogP contribution >= 0.6 is 11.6 Å². The lowest BCUT2D eigenvalue weighted by molar-refractivity contribution is -0.144. The molecule has 2 aromatic heterocycles. The molecule has 0 unspecified atom stereocenters. The quantitative estimate of drug-likeness (QED) is 0.447. The van der Waals surface area contributed by atoms with Gasteiger partial charge in [0, 0.05) is 35.3 Å². The molecule has 0 N–H and O–H groups in total. The molecule has 5 nitrogen and oxygen atoms in total. The van der Waals surface area contributed by atoms with Crippen molar-refractivity contribution in [3.8, 4) is 0 Å². The molecule has 4 rings (SSSR count). The lowest BCUT2D eigenvalue weighted by atomic mass is 10.0. The van der Waals surface area contributed by atoms with E-state index in [1.54, 1.807) is 48.8 Å². The number of benzene rings is 2. The van der Waals surface area contributed by atoms with Gasteiger partial charge in [-0.2, -0.15) is 0 Å². The molecule has 1 atom stereocenters. The number of rotatable bonds is 4. The Morgan fingerprint density at radius 3 is 2.48 bits per heavy atom. The molecule has 4 aromatic rings. The van der Waals surface area contributed by atoms with Crippen molar-refractivity contribution < 1.29 is 14.3 Å². The van der Waals surface area contributed by atoms with E-state index < -0.39 is 12.1 Å². The number of pyridine rings is 1. The van der Waals surface area contributed by atoms with Crippen LogP contribution in [0.1, 0.15) is 34.6 Å². The van der Waals surface area contributed by atoms with Gasteiger partial charge in [-0.05, 0) is 35.9 Å². The van der Waals surface area contributed by atoms with Crippen molar-refractivity contribution in [2.75, 3.05) is 0 Å². The summed E-state index contributed by atoms with van der Waals surface area (Å²) in [5.74, 6) is -0.698. The monoisotopic (exact) mass is 404 g/mol. The summed E-state index contributed by atoms with van der Waals surface area (Å²) in [5, 5.41) is 1.26. The van der Waals surface area contributed by atoms with Crippen molar-refractivity contribution in [1.82, 2.24) is 9.55 Å². The SMILES string of the molecule is CC(=O)O[C@@H](c1ccccc1)c1cn(C(=O)c2ccccn2)c2ccc(Cl)cc12. The van der Waals surface area contributed by atoms with E-state index in [4.69, 9.17) is 16.3 Å². The van der Waals surface area contributed by atoms with Gasteiger partial charge in [0.1, 0.15) is 5.69 Å². The molecule has 0 radical (unpaired) electrons. The Hall–Kier alpha value is -3.44. The summed E-state index contributed by atoms with van der Waals surface area (Å²) in [6.07, 6.45) is 2.59. The average Bonchev–Trinajstić information content (AvgIpc) is 3.11. The van der Waals surface area contributed by atoms with Gasteiger partial charge in [-0.25, -0.2) is 0 Å². The van der Waals surface area contributed by atoms with Crippen LogP contribution < -0.4 is 0 Å². The third-order valence-electron chi connectivity index (χ3n) is 4.57. The van der Waals surface area contributed by atoms with Gasteiger partial charge < -0.3 is 4.74 Å². The number of fused-ring (bicyclic) bond motifs is 1. The van der Waals surface area contributed by atoms with Crippen LogP contribution in [0.25, 0.3) is 10.9 Å². The fraction of sp³-hybridized carbons (Fsp3) is 0.0870. The maximum atomic E-state index is 13.1. The van der Waals surface area contributed by atoms with Crippen LogP contribution in [0, 0.1) is 0 Å². The van der Waals surface area contributed by atoms with E-state index in [1.165, 1.54) is 11.5 Å². The molecule has 144 valence electrons. The summed E-state index contributed by atoms with van der Waals surface area (Å²) in [6.45, 7) is 1.36. The van der Waals surface area contributed by atoms with Gasteiger partial charge in [0.2, 0.25) is 0 Å². The van der Waals surface area contributed by atoms with Gasteiger partial charge in [-0.3, -0.25) is 19.1 Å². The van der Waals surface area contributed by atoms with E-state index in [1.807, 2.05) is 30.3 Å². The van der Waals surface area contributed by atoms with Crippen LogP contribution in [0.2, 0.25) is 5.02 Å². The molecule has 0 saturated heterocycles. The fourth-order valence-electron chi connectivity index (χ4n) is 3.32. The molecule has 29 heavy (non-hydrogen) atoms. The molecular weight excluding hydrogens is 388 g/mol. The van der Waals surface area contributed by atoms with Crippen LogP contribution in [0.3, 0.4) is 0 Å². The number of hydrogen-bond acceptors (Lipinski definition) is 4. The van der Waals surface area contributed by atoms with Crippen molar-refractivity contribution in [3.63, 3.8) is 0 Å². The van der Waals surface area contributed by atoms with E-state index in [9.17, 15) is 9.59 Å². The minimum atomic E-state index is -0.674. The van der Waals surface area contributed by atoms with Crippen molar-refractivity contribution in [2.45, 2.75) is 13.0 Å². The largest absolute Gasteiger partial charge is 0.453 e. The lowest BCUT2D eigenvalue weighted by Gasteiger charge is -2.17. The summed E-state index contributed by atoms with van der Waals surface area (Å²) in [6, 6.07) is 19.8. The molecule has 0 spiro atoms. The zero-order chi connectivity index (χ0) is 20.4. The minimum absolute atomic E-state index is 0.279. The number of halogens is 1. The molecule has 0 aliphatic rings. The number of esters is 1. The van der Waals surface area contributed by atoms with Gasteiger partial charge in [0.25, 0.3) is 5.91 Å². The second-order valence-corrected chi connectivity index (χ2v) is 6.97. The summed E-state index contributed by atoms with van der Waals surface area (Å²) in [4.78, 5) is 29.1. The van der Waals surface area contributed by atoms with Crippen molar-refractivity contribution >= 4 is 34.4 Å². The minimum Gasteiger partial charge on any atom is -0.453 e. The van der Waals surface area contributed by atoms with Crippen LogP contribution in [0.4, 0.5) is 0 Å². The summed E-state index contributed by atoms with van der Waals surface area (Å²) in [5.41, 5.74) is 2.45. The molecule has 6 heteroatoms. The number of carbonyl (C=O) groups excluding carboxylic acids is 2. The van der Waals surface area contributed by atoms with Crippen LogP contribution in [-0.4, -0.2) is 21.4 Å². The van der Waals surface area contributed by atoms with Gasteiger partial charge >= 0.3 is 5.97 Å². The number of ether oxygens (including phenoxy) is 1. The molecule has 0 amide bonds. The van der Waals surface area contributed by atoms with Gasteiger partial charge in [0.15, 0.2) is 6.10 Å². The number of aromatic nitrogens is 2. The number of carbonyl (C=O) groups is 2. The lowest BCUT2D eigenvalue weighted by Crippen LogP contribution is -2.13. The fourth-order valence-corrected chi connectivity index (χ4v) is 3.49. The summed E-state index contributed by atoms with van der Waals surface area (Å²) < 4.78 is 7.16. The Morgan fingerprint density at radius 1 is 1.03 bits per heavy atom. The molecule has 2 heterocycles. The highest BCUT2D eigenvalue weighted by atomic mass is 35.5. The maximum absolute atomic E-state index is 13.1.